The Morgan fingerprint density at radius 2 is 2.20 bits per heavy atom. The number of rotatable bonds is 0. The summed E-state index contributed by atoms with van der Waals surface area (Å²) in [4.78, 5) is 14.3. The third-order valence-electron chi connectivity index (χ3n) is 3.88. The van der Waals surface area contributed by atoms with Crippen molar-refractivity contribution in [3.05, 3.63) is 0 Å². The zero-order valence-corrected chi connectivity index (χ0v) is 9.10. The van der Waals surface area contributed by atoms with E-state index in [0.29, 0.717) is 12.1 Å². The van der Waals surface area contributed by atoms with Crippen molar-refractivity contribution in [3.8, 4) is 0 Å². The van der Waals surface area contributed by atoms with E-state index in [-0.39, 0.29) is 11.8 Å². The number of amides is 1. The fourth-order valence-corrected chi connectivity index (χ4v) is 2.97. The van der Waals surface area contributed by atoms with Gasteiger partial charge in [0.25, 0.3) is 5.91 Å². The highest BCUT2D eigenvalue weighted by atomic mass is 16.2. The first-order valence-electron chi connectivity index (χ1n) is 5.46. The van der Waals surface area contributed by atoms with Gasteiger partial charge in [-0.2, -0.15) is 5.10 Å². The molecule has 0 saturated carbocycles. The lowest BCUT2D eigenvalue weighted by Crippen LogP contribution is -2.64. The summed E-state index contributed by atoms with van der Waals surface area (Å²) in [5.41, 5.74) is 1.09. The highest BCUT2D eigenvalue weighted by Gasteiger charge is 2.48. The maximum Gasteiger partial charge on any atom is 0.252 e. The molecular weight excluding hydrogens is 192 g/mol. The van der Waals surface area contributed by atoms with Gasteiger partial charge in [0, 0.05) is 38.6 Å². The Morgan fingerprint density at radius 1 is 1.40 bits per heavy atom. The van der Waals surface area contributed by atoms with Crippen LogP contribution in [-0.2, 0) is 4.79 Å². The summed E-state index contributed by atoms with van der Waals surface area (Å²) in [5.74, 6) is 0.160. The average Bonchev–Trinajstić information content (AvgIpc) is 2.44. The molecule has 3 heterocycles. The summed E-state index contributed by atoms with van der Waals surface area (Å²) in [6.45, 7) is 1.91. The van der Waals surface area contributed by atoms with Crippen LogP contribution < -0.4 is 5.32 Å². The molecular formula is C10H16N4O. The first-order valence-corrected chi connectivity index (χ1v) is 5.46. The highest BCUT2D eigenvalue weighted by molar-refractivity contribution is 6.09. The maximum absolute atomic E-state index is 11.9. The Labute approximate surface area is 89.1 Å². The van der Waals surface area contributed by atoms with Crippen LogP contribution in [0.2, 0.25) is 0 Å². The van der Waals surface area contributed by atoms with Crippen molar-refractivity contribution in [2.45, 2.75) is 18.5 Å². The number of nitrogens with one attached hydrogen (secondary N) is 1. The number of fused-ring (bicyclic) bond motifs is 4. The normalized spacial score (nSPS) is 40.4. The van der Waals surface area contributed by atoms with Crippen molar-refractivity contribution >= 4 is 11.6 Å². The molecule has 5 nitrogen and oxygen atoms in total. The van der Waals surface area contributed by atoms with Gasteiger partial charge >= 0.3 is 0 Å². The molecule has 15 heavy (non-hydrogen) atoms. The van der Waals surface area contributed by atoms with E-state index < -0.39 is 0 Å². The Bertz CT molecular complexity index is 340. The molecule has 0 radical (unpaired) electrons. The van der Waals surface area contributed by atoms with Crippen molar-refractivity contribution in [2.24, 2.45) is 11.0 Å². The van der Waals surface area contributed by atoms with Crippen LogP contribution in [0.25, 0.3) is 0 Å². The summed E-state index contributed by atoms with van der Waals surface area (Å²) in [5, 5.41) is 9.26. The third kappa shape index (κ3) is 1.16. The minimum atomic E-state index is 0.00375. The third-order valence-corrected chi connectivity index (χ3v) is 3.88. The van der Waals surface area contributed by atoms with Crippen LogP contribution >= 0.6 is 0 Å². The first kappa shape index (κ1) is 9.30. The van der Waals surface area contributed by atoms with E-state index in [9.17, 15) is 4.79 Å². The van der Waals surface area contributed by atoms with Crippen LogP contribution in [0.3, 0.4) is 0 Å². The van der Waals surface area contributed by atoms with Gasteiger partial charge in [-0.3, -0.25) is 9.69 Å². The smallest absolute Gasteiger partial charge is 0.252 e. The lowest BCUT2D eigenvalue weighted by molar-refractivity contribution is -0.132. The van der Waals surface area contributed by atoms with Crippen LogP contribution in [-0.4, -0.2) is 60.8 Å². The molecule has 82 valence electrons. The fraction of sp³-hybridized carbons (Fsp3) is 0.800. The maximum atomic E-state index is 11.9. The molecule has 2 saturated heterocycles. The van der Waals surface area contributed by atoms with E-state index >= 15 is 0 Å². The standard InChI is InChI=1S/C10H16N4O/c1-13-6-3-7-9(8(13)5-11-4-6)10(15)14(2)12-7/h6,8-9,11H,3-5H2,1-2H3. The SMILES string of the molecule is CN1N=C2CC3CNCC(C2C1=O)N3C. The Kier molecular flexibility index (Phi) is 1.87. The summed E-state index contributed by atoms with van der Waals surface area (Å²) in [6.07, 6.45) is 0.931. The molecule has 0 aromatic heterocycles. The van der Waals surface area contributed by atoms with E-state index in [1.54, 1.807) is 7.05 Å². The van der Waals surface area contributed by atoms with Gasteiger partial charge < -0.3 is 5.32 Å². The molecule has 3 aliphatic rings. The van der Waals surface area contributed by atoms with Gasteiger partial charge in [0.05, 0.1) is 11.6 Å². The zero-order chi connectivity index (χ0) is 10.6. The molecule has 3 aliphatic heterocycles. The minimum absolute atomic E-state index is 0.00375. The van der Waals surface area contributed by atoms with Crippen molar-refractivity contribution in [3.63, 3.8) is 0 Å². The summed E-state index contributed by atoms with van der Waals surface area (Å²) < 4.78 is 0. The summed E-state index contributed by atoms with van der Waals surface area (Å²) in [7, 11) is 3.88. The predicted octanol–water partition coefficient (Wildman–Crippen LogP) is -0.893. The first-order chi connectivity index (χ1) is 7.18. The molecule has 3 rings (SSSR count). The highest BCUT2D eigenvalue weighted by Crippen LogP contribution is 2.31. The number of carbonyl (C=O) groups excluding carboxylic acids is 1. The fourth-order valence-electron chi connectivity index (χ4n) is 2.97. The second kappa shape index (κ2) is 3.02. The van der Waals surface area contributed by atoms with Gasteiger partial charge in [-0.1, -0.05) is 0 Å². The Balaban J connectivity index is 1.97. The molecule has 5 heteroatoms. The monoisotopic (exact) mass is 208 g/mol. The zero-order valence-electron chi connectivity index (χ0n) is 9.10. The number of piperazine rings is 1. The number of piperidine rings is 1. The summed E-state index contributed by atoms with van der Waals surface area (Å²) >= 11 is 0. The van der Waals surface area contributed by atoms with Gasteiger partial charge in [-0.25, -0.2) is 5.01 Å². The van der Waals surface area contributed by atoms with Crippen molar-refractivity contribution in [2.75, 3.05) is 27.2 Å². The van der Waals surface area contributed by atoms with Crippen LogP contribution in [0.15, 0.2) is 5.10 Å². The van der Waals surface area contributed by atoms with E-state index in [4.69, 9.17) is 0 Å². The molecule has 0 spiro atoms. The lowest BCUT2D eigenvalue weighted by atomic mass is 9.82. The molecule has 3 unspecified atom stereocenters. The average molecular weight is 208 g/mol. The van der Waals surface area contributed by atoms with Crippen LogP contribution in [0.1, 0.15) is 6.42 Å². The topological polar surface area (TPSA) is 47.9 Å². The molecule has 0 aromatic carbocycles. The number of likely N-dealkylation sites (N-methyl/N-ethyl adjacent to an activating group) is 1. The second-order valence-electron chi connectivity index (χ2n) is 4.68. The predicted molar refractivity (Wildman–Crippen MR) is 56.5 cm³/mol. The Hall–Kier alpha value is -0.940. The molecule has 1 amide bonds. The van der Waals surface area contributed by atoms with Crippen molar-refractivity contribution in [1.82, 2.24) is 15.2 Å². The van der Waals surface area contributed by atoms with Gasteiger partial charge in [0.15, 0.2) is 0 Å². The Morgan fingerprint density at radius 3 is 3.00 bits per heavy atom. The number of nitrogens with zero attached hydrogens (tertiary/aromatic N) is 3. The van der Waals surface area contributed by atoms with Gasteiger partial charge in [-0.15, -0.1) is 0 Å². The van der Waals surface area contributed by atoms with Crippen molar-refractivity contribution < 1.29 is 4.79 Å². The molecule has 3 atom stereocenters. The van der Waals surface area contributed by atoms with E-state index in [2.05, 4.69) is 22.4 Å². The number of hydrazone groups is 1. The molecule has 2 fully saturated rings. The van der Waals surface area contributed by atoms with E-state index in [0.717, 1.165) is 25.2 Å². The molecule has 0 aliphatic carbocycles. The van der Waals surface area contributed by atoms with Gasteiger partial charge in [0.1, 0.15) is 0 Å². The number of hydrogen-bond donors (Lipinski definition) is 1. The largest absolute Gasteiger partial charge is 0.314 e. The number of carbonyl (C=O) groups is 1. The quantitative estimate of drug-likeness (QED) is 0.561. The molecule has 1 N–H and O–H groups in total. The minimum Gasteiger partial charge on any atom is -0.314 e. The van der Waals surface area contributed by atoms with Gasteiger partial charge in [-0.05, 0) is 7.05 Å². The van der Waals surface area contributed by atoms with Crippen LogP contribution in [0, 0.1) is 5.92 Å². The van der Waals surface area contributed by atoms with E-state index in [1.807, 2.05) is 0 Å². The van der Waals surface area contributed by atoms with E-state index in [1.165, 1.54) is 5.01 Å². The molecule has 0 aromatic rings. The van der Waals surface area contributed by atoms with Crippen LogP contribution in [0.4, 0.5) is 0 Å². The lowest BCUT2D eigenvalue weighted by Gasteiger charge is -2.46. The van der Waals surface area contributed by atoms with Crippen LogP contribution in [0.5, 0.6) is 0 Å². The summed E-state index contributed by atoms with van der Waals surface area (Å²) in [6, 6.07) is 0.812. The second-order valence-corrected chi connectivity index (χ2v) is 4.68. The van der Waals surface area contributed by atoms with Gasteiger partial charge in [0.2, 0.25) is 0 Å². The van der Waals surface area contributed by atoms with Crippen molar-refractivity contribution in [1.29, 1.82) is 0 Å². The number of hydrogen-bond acceptors (Lipinski definition) is 4. The molecule has 2 bridgehead atoms.